The molecule has 170 valence electrons. The molecule has 0 saturated carbocycles. The molecule has 2 fully saturated rings. The van der Waals surface area contributed by atoms with Gasteiger partial charge in [-0.05, 0) is 49.1 Å². The summed E-state index contributed by atoms with van der Waals surface area (Å²) in [6.07, 6.45) is 3.47. The Balaban J connectivity index is 0.00000171. The van der Waals surface area contributed by atoms with Crippen molar-refractivity contribution in [1.82, 2.24) is 15.1 Å². The second kappa shape index (κ2) is 12.9. The van der Waals surface area contributed by atoms with E-state index in [0.29, 0.717) is 0 Å². The summed E-state index contributed by atoms with van der Waals surface area (Å²) in [5.74, 6) is 0.981. The summed E-state index contributed by atoms with van der Waals surface area (Å²) in [4.78, 5) is 17.0. The number of carbonyl (C=O) groups is 1. The Morgan fingerprint density at radius 3 is 2.19 bits per heavy atom. The van der Waals surface area contributed by atoms with E-state index in [0.717, 1.165) is 76.4 Å². The molecule has 1 amide bonds. The summed E-state index contributed by atoms with van der Waals surface area (Å²) in [5.41, 5.74) is 2.15. The van der Waals surface area contributed by atoms with E-state index in [1.54, 1.807) is 0 Å². The van der Waals surface area contributed by atoms with Crippen molar-refractivity contribution in [3.05, 3.63) is 65.7 Å². The molecule has 2 aliphatic rings. The molecule has 5 nitrogen and oxygen atoms in total. The average Bonchev–Trinajstić information content (AvgIpc) is 2.80. The molecular weight excluding hydrogens is 433 g/mol. The monoisotopic (exact) mass is 465 g/mol. The van der Waals surface area contributed by atoms with Gasteiger partial charge in [0.25, 0.3) is 5.91 Å². The average molecular weight is 466 g/mol. The number of hydrogen-bond acceptors (Lipinski definition) is 4. The van der Waals surface area contributed by atoms with Crippen LogP contribution in [0, 0.1) is 0 Å². The zero-order chi connectivity index (χ0) is 19.9. The molecule has 0 spiro atoms. The van der Waals surface area contributed by atoms with E-state index in [1.165, 1.54) is 5.56 Å². The molecule has 2 aromatic carbocycles. The van der Waals surface area contributed by atoms with Crippen LogP contribution in [-0.2, 0) is 6.42 Å². The minimum absolute atomic E-state index is 0. The summed E-state index contributed by atoms with van der Waals surface area (Å²) < 4.78 is 6.19. The van der Waals surface area contributed by atoms with E-state index in [9.17, 15) is 4.79 Å². The van der Waals surface area contributed by atoms with Gasteiger partial charge in [0.1, 0.15) is 11.9 Å². The minimum Gasteiger partial charge on any atom is -0.490 e. The normalized spacial score (nSPS) is 17.4. The summed E-state index contributed by atoms with van der Waals surface area (Å²) in [6, 6.07) is 18.4. The second-order valence-corrected chi connectivity index (χ2v) is 7.96. The highest BCUT2D eigenvalue weighted by molar-refractivity contribution is 5.94. The van der Waals surface area contributed by atoms with Gasteiger partial charge in [0, 0.05) is 51.4 Å². The number of hydrogen-bond donors (Lipinski definition) is 1. The maximum Gasteiger partial charge on any atom is 0.253 e. The summed E-state index contributed by atoms with van der Waals surface area (Å²) in [6.45, 7) is 6.57. The number of likely N-dealkylation sites (tertiary alicyclic amines) is 1. The lowest BCUT2D eigenvalue weighted by Crippen LogP contribution is -2.46. The van der Waals surface area contributed by atoms with Crippen molar-refractivity contribution in [2.75, 3.05) is 45.8 Å². The van der Waals surface area contributed by atoms with Crippen molar-refractivity contribution in [3.8, 4) is 5.75 Å². The minimum atomic E-state index is 0. The lowest BCUT2D eigenvalue weighted by atomic mass is 10.1. The number of benzene rings is 2. The fourth-order valence-corrected chi connectivity index (χ4v) is 4.10. The molecule has 1 N–H and O–H groups in total. The highest BCUT2D eigenvalue weighted by Crippen LogP contribution is 2.20. The van der Waals surface area contributed by atoms with E-state index < -0.39 is 0 Å². The van der Waals surface area contributed by atoms with Crippen LogP contribution in [0.2, 0.25) is 0 Å². The van der Waals surface area contributed by atoms with Gasteiger partial charge in [-0.3, -0.25) is 4.79 Å². The maximum atomic E-state index is 12.6. The number of nitrogens with one attached hydrogen (secondary N) is 1. The molecule has 31 heavy (non-hydrogen) atoms. The second-order valence-electron chi connectivity index (χ2n) is 7.96. The summed E-state index contributed by atoms with van der Waals surface area (Å²) in [7, 11) is 0. The highest BCUT2D eigenvalue weighted by Gasteiger charge is 2.21. The van der Waals surface area contributed by atoms with Crippen LogP contribution in [0.3, 0.4) is 0 Å². The fraction of sp³-hybridized carbons (Fsp3) is 0.458. The van der Waals surface area contributed by atoms with Gasteiger partial charge in [-0.25, -0.2) is 0 Å². The van der Waals surface area contributed by atoms with E-state index in [4.69, 9.17) is 4.74 Å². The SMILES string of the molecule is Cl.Cl.O=C(c1ccc(OC2CCN(CCc3ccccc3)CC2)cc1)N1CCNCC1. The molecule has 4 rings (SSSR count). The maximum absolute atomic E-state index is 12.6. The van der Waals surface area contributed by atoms with Crippen LogP contribution in [0.1, 0.15) is 28.8 Å². The van der Waals surface area contributed by atoms with Crippen LogP contribution < -0.4 is 10.1 Å². The lowest BCUT2D eigenvalue weighted by molar-refractivity contribution is 0.0735. The van der Waals surface area contributed by atoms with Gasteiger partial charge < -0.3 is 19.9 Å². The molecule has 7 heteroatoms. The molecule has 0 aliphatic carbocycles. The third kappa shape index (κ3) is 7.39. The Bertz CT molecular complexity index is 775. The predicted molar refractivity (Wildman–Crippen MR) is 130 cm³/mol. The molecule has 0 bridgehead atoms. The number of amides is 1. The third-order valence-electron chi connectivity index (χ3n) is 5.90. The number of nitrogens with zero attached hydrogens (tertiary/aromatic N) is 2. The molecule has 0 radical (unpaired) electrons. The molecule has 2 saturated heterocycles. The number of carbonyl (C=O) groups excluding carboxylic acids is 1. The standard InChI is InChI=1S/C24H31N3O2.2ClH/c28-24(27-18-13-25-14-19-27)21-6-8-22(9-7-21)29-23-11-16-26(17-12-23)15-10-20-4-2-1-3-5-20;;/h1-9,23,25H,10-19H2;2*1H. The van der Waals surface area contributed by atoms with Crippen molar-refractivity contribution in [1.29, 1.82) is 0 Å². The van der Waals surface area contributed by atoms with Crippen LogP contribution in [0.15, 0.2) is 54.6 Å². The number of halogens is 2. The van der Waals surface area contributed by atoms with Crippen molar-refractivity contribution in [3.63, 3.8) is 0 Å². The van der Waals surface area contributed by atoms with Gasteiger partial charge in [-0.15, -0.1) is 24.8 Å². The fourth-order valence-electron chi connectivity index (χ4n) is 4.10. The largest absolute Gasteiger partial charge is 0.490 e. The summed E-state index contributed by atoms with van der Waals surface area (Å²) >= 11 is 0. The third-order valence-corrected chi connectivity index (χ3v) is 5.90. The van der Waals surface area contributed by atoms with Crippen molar-refractivity contribution >= 4 is 30.7 Å². The first kappa shape index (κ1) is 25.5. The van der Waals surface area contributed by atoms with Crippen LogP contribution >= 0.6 is 24.8 Å². The Morgan fingerprint density at radius 2 is 1.55 bits per heavy atom. The Hall–Kier alpha value is -1.79. The number of piperazine rings is 1. The van der Waals surface area contributed by atoms with Gasteiger partial charge in [0.15, 0.2) is 0 Å². The first-order valence-electron chi connectivity index (χ1n) is 10.8. The van der Waals surface area contributed by atoms with E-state index in [2.05, 4.69) is 40.5 Å². The summed E-state index contributed by atoms with van der Waals surface area (Å²) in [5, 5.41) is 3.28. The first-order valence-corrected chi connectivity index (χ1v) is 10.8. The number of ether oxygens (including phenoxy) is 1. The van der Waals surface area contributed by atoms with Crippen LogP contribution in [-0.4, -0.2) is 67.6 Å². The zero-order valence-corrected chi connectivity index (χ0v) is 19.5. The Labute approximate surface area is 198 Å². The zero-order valence-electron chi connectivity index (χ0n) is 17.9. The van der Waals surface area contributed by atoms with Crippen molar-refractivity contribution in [2.45, 2.75) is 25.4 Å². The van der Waals surface area contributed by atoms with Crippen LogP contribution in [0.5, 0.6) is 5.75 Å². The van der Waals surface area contributed by atoms with Crippen LogP contribution in [0.25, 0.3) is 0 Å². The quantitative estimate of drug-likeness (QED) is 0.706. The molecule has 2 aliphatic heterocycles. The lowest BCUT2D eigenvalue weighted by Gasteiger charge is -2.32. The van der Waals surface area contributed by atoms with Crippen molar-refractivity contribution in [2.24, 2.45) is 0 Å². The molecule has 0 atom stereocenters. The first-order chi connectivity index (χ1) is 14.3. The van der Waals surface area contributed by atoms with E-state index in [1.807, 2.05) is 29.2 Å². The molecular formula is C24H33Cl2N3O2. The van der Waals surface area contributed by atoms with E-state index in [-0.39, 0.29) is 36.8 Å². The van der Waals surface area contributed by atoms with Gasteiger partial charge in [-0.2, -0.15) is 0 Å². The smallest absolute Gasteiger partial charge is 0.253 e. The van der Waals surface area contributed by atoms with Gasteiger partial charge in [0.05, 0.1) is 0 Å². The van der Waals surface area contributed by atoms with Crippen molar-refractivity contribution < 1.29 is 9.53 Å². The Morgan fingerprint density at radius 1 is 0.903 bits per heavy atom. The predicted octanol–water partition coefficient (Wildman–Crippen LogP) is 3.66. The molecule has 2 heterocycles. The van der Waals surface area contributed by atoms with Gasteiger partial charge in [0.2, 0.25) is 0 Å². The highest BCUT2D eigenvalue weighted by atomic mass is 35.5. The van der Waals surface area contributed by atoms with Gasteiger partial charge >= 0.3 is 0 Å². The topological polar surface area (TPSA) is 44.8 Å². The number of rotatable bonds is 6. The molecule has 0 unspecified atom stereocenters. The molecule has 2 aromatic rings. The van der Waals surface area contributed by atoms with E-state index >= 15 is 0 Å². The molecule has 0 aromatic heterocycles. The number of piperidine rings is 1. The van der Waals surface area contributed by atoms with Gasteiger partial charge in [-0.1, -0.05) is 30.3 Å². The van der Waals surface area contributed by atoms with Crippen LogP contribution in [0.4, 0.5) is 0 Å². The Kier molecular flexibility index (Phi) is 10.6.